The van der Waals surface area contributed by atoms with Gasteiger partial charge in [-0.2, -0.15) is 0 Å². The predicted octanol–water partition coefficient (Wildman–Crippen LogP) is 5.42. The fourth-order valence-electron chi connectivity index (χ4n) is 3.36. The van der Waals surface area contributed by atoms with Gasteiger partial charge in [0.25, 0.3) is 0 Å². The normalized spacial score (nSPS) is 16.0. The number of aromatic nitrogens is 2. The molecule has 1 unspecified atom stereocenters. The first-order chi connectivity index (χ1) is 14.2. The zero-order chi connectivity index (χ0) is 19.8. The molecule has 1 atom stereocenters. The number of β-lactam (4-membered cyclic amide) rings is 1. The Morgan fingerprint density at radius 1 is 0.966 bits per heavy atom. The van der Waals surface area contributed by atoms with Gasteiger partial charge in [0.2, 0.25) is 5.91 Å². The average molecular weight is 420 g/mol. The van der Waals surface area contributed by atoms with Crippen LogP contribution >= 0.6 is 22.7 Å². The minimum absolute atomic E-state index is 0.0172. The number of carbonyl (C=O) groups is 1. The van der Waals surface area contributed by atoms with Crippen LogP contribution in [0.2, 0.25) is 0 Å². The van der Waals surface area contributed by atoms with Crippen molar-refractivity contribution < 1.29 is 9.53 Å². The highest BCUT2D eigenvalue weighted by Crippen LogP contribution is 2.42. The molecule has 0 bridgehead atoms. The minimum Gasteiger partial charge on any atom is -0.497 e. The monoisotopic (exact) mass is 419 g/mol. The number of ether oxygens (including phenoxy) is 1. The highest BCUT2D eigenvalue weighted by molar-refractivity contribution is 7.16. The Morgan fingerprint density at radius 2 is 1.72 bits per heavy atom. The van der Waals surface area contributed by atoms with Crippen molar-refractivity contribution in [2.24, 2.45) is 0 Å². The number of methoxy groups -OCH3 is 1. The van der Waals surface area contributed by atoms with E-state index >= 15 is 0 Å². The molecule has 1 aliphatic rings. The fraction of sp³-hybridized carbons (Fsp3) is 0.136. The van der Waals surface area contributed by atoms with Crippen LogP contribution in [0.25, 0.3) is 22.0 Å². The molecule has 0 radical (unpaired) electrons. The Labute approximate surface area is 176 Å². The van der Waals surface area contributed by atoms with E-state index in [-0.39, 0.29) is 11.9 Å². The highest BCUT2D eigenvalue weighted by Gasteiger charge is 2.40. The first-order valence-electron chi connectivity index (χ1n) is 9.16. The smallest absolute Gasteiger partial charge is 0.231 e. The summed E-state index contributed by atoms with van der Waals surface area (Å²) >= 11 is 3.05. The van der Waals surface area contributed by atoms with E-state index in [4.69, 9.17) is 14.7 Å². The van der Waals surface area contributed by atoms with Crippen molar-refractivity contribution in [2.45, 2.75) is 12.5 Å². The number of carbonyl (C=O) groups excluding carboxylic acids is 1. The van der Waals surface area contributed by atoms with Gasteiger partial charge >= 0.3 is 0 Å². The average Bonchev–Trinajstić information content (AvgIpc) is 3.42. The zero-order valence-corrected chi connectivity index (χ0v) is 17.2. The number of anilines is 1. The number of hydrogen-bond donors (Lipinski definition) is 0. The second kappa shape index (κ2) is 7.42. The maximum atomic E-state index is 12.3. The standard InChI is InChI=1S/C22H17N3O2S2/c1-27-16-9-7-15(8-10-16)19-11-20(26)25(19)22-24-18(13-29-22)21-23-17(12-28-21)14-5-3-2-4-6-14/h2-10,12-13,19H,11H2,1H3. The molecule has 3 heterocycles. The van der Waals surface area contributed by atoms with E-state index in [2.05, 4.69) is 0 Å². The van der Waals surface area contributed by atoms with Gasteiger partial charge in [0.15, 0.2) is 5.13 Å². The minimum atomic E-state index is 0.0172. The van der Waals surface area contributed by atoms with Crippen LogP contribution in [0.4, 0.5) is 5.13 Å². The largest absolute Gasteiger partial charge is 0.497 e. The van der Waals surface area contributed by atoms with Gasteiger partial charge in [-0.15, -0.1) is 22.7 Å². The lowest BCUT2D eigenvalue weighted by atomic mass is 9.94. The van der Waals surface area contributed by atoms with Crippen LogP contribution in [-0.4, -0.2) is 23.0 Å². The van der Waals surface area contributed by atoms with Gasteiger partial charge in [0.1, 0.15) is 16.5 Å². The quantitative estimate of drug-likeness (QED) is 0.405. The van der Waals surface area contributed by atoms with Crippen molar-refractivity contribution in [3.8, 4) is 27.7 Å². The van der Waals surface area contributed by atoms with E-state index in [1.165, 1.54) is 11.3 Å². The Morgan fingerprint density at radius 3 is 2.45 bits per heavy atom. The summed E-state index contributed by atoms with van der Waals surface area (Å²) in [5, 5.41) is 5.59. The second-order valence-electron chi connectivity index (χ2n) is 6.68. The molecular formula is C22H17N3O2S2. The van der Waals surface area contributed by atoms with E-state index in [0.29, 0.717) is 11.6 Å². The number of thiazole rings is 2. The molecule has 5 rings (SSSR count). The molecular weight excluding hydrogens is 402 g/mol. The number of benzene rings is 2. The second-order valence-corrected chi connectivity index (χ2v) is 8.37. The molecule has 5 nitrogen and oxygen atoms in total. The SMILES string of the molecule is COc1ccc(C2CC(=O)N2c2nc(-c3nc(-c4ccccc4)cs3)cs2)cc1. The fourth-order valence-corrected chi connectivity index (χ4v) is 5.09. The molecule has 2 aromatic heterocycles. The third kappa shape index (κ3) is 3.32. The molecule has 7 heteroatoms. The van der Waals surface area contributed by atoms with Gasteiger partial charge in [0, 0.05) is 16.3 Å². The zero-order valence-electron chi connectivity index (χ0n) is 15.6. The van der Waals surface area contributed by atoms with Gasteiger partial charge in [-0.1, -0.05) is 42.5 Å². The van der Waals surface area contributed by atoms with Crippen molar-refractivity contribution in [2.75, 3.05) is 12.0 Å². The number of amides is 1. The Bertz CT molecular complexity index is 1150. The van der Waals surface area contributed by atoms with E-state index in [0.717, 1.165) is 33.3 Å². The number of rotatable bonds is 5. The summed E-state index contributed by atoms with van der Waals surface area (Å²) in [6, 6.07) is 18.0. The molecule has 0 saturated carbocycles. The van der Waals surface area contributed by atoms with Crippen molar-refractivity contribution in [1.29, 1.82) is 0 Å². The van der Waals surface area contributed by atoms with Crippen molar-refractivity contribution in [3.63, 3.8) is 0 Å². The first-order valence-corrected chi connectivity index (χ1v) is 10.9. The Kier molecular flexibility index (Phi) is 4.61. The summed E-state index contributed by atoms with van der Waals surface area (Å²) in [6.07, 6.45) is 0.497. The van der Waals surface area contributed by atoms with Crippen LogP contribution in [0.15, 0.2) is 65.4 Å². The Hall–Kier alpha value is -3.03. The maximum Gasteiger partial charge on any atom is 0.231 e. The predicted molar refractivity (Wildman–Crippen MR) is 116 cm³/mol. The van der Waals surface area contributed by atoms with Crippen LogP contribution in [0.1, 0.15) is 18.0 Å². The summed E-state index contributed by atoms with van der Waals surface area (Å²) in [7, 11) is 1.65. The lowest BCUT2D eigenvalue weighted by Crippen LogP contribution is -2.46. The topological polar surface area (TPSA) is 55.3 Å². The van der Waals surface area contributed by atoms with Crippen LogP contribution in [0, 0.1) is 0 Å². The van der Waals surface area contributed by atoms with Crippen LogP contribution < -0.4 is 9.64 Å². The number of hydrogen-bond acceptors (Lipinski definition) is 6. The summed E-state index contributed by atoms with van der Waals surface area (Å²) in [5.74, 6) is 0.899. The van der Waals surface area contributed by atoms with E-state index in [9.17, 15) is 4.79 Å². The third-order valence-electron chi connectivity index (χ3n) is 4.94. The molecule has 1 saturated heterocycles. The van der Waals surface area contributed by atoms with Gasteiger partial charge in [-0.3, -0.25) is 9.69 Å². The van der Waals surface area contributed by atoms with E-state index < -0.39 is 0 Å². The van der Waals surface area contributed by atoms with E-state index in [1.54, 1.807) is 23.3 Å². The lowest BCUT2D eigenvalue weighted by molar-refractivity contribution is -0.124. The molecule has 0 N–H and O–H groups in total. The lowest BCUT2D eigenvalue weighted by Gasteiger charge is -2.38. The molecule has 0 aliphatic carbocycles. The molecule has 29 heavy (non-hydrogen) atoms. The summed E-state index contributed by atoms with van der Waals surface area (Å²) in [4.78, 5) is 23.6. The van der Waals surface area contributed by atoms with Crippen molar-refractivity contribution in [1.82, 2.24) is 9.97 Å². The van der Waals surface area contributed by atoms with Crippen molar-refractivity contribution in [3.05, 3.63) is 70.9 Å². The molecule has 144 valence electrons. The van der Waals surface area contributed by atoms with E-state index in [1.807, 2.05) is 65.4 Å². The number of nitrogens with zero attached hydrogens (tertiary/aromatic N) is 3. The van der Waals surface area contributed by atoms with Gasteiger partial charge < -0.3 is 4.74 Å². The van der Waals surface area contributed by atoms with Crippen LogP contribution in [-0.2, 0) is 4.79 Å². The Balaban J connectivity index is 1.39. The summed E-state index contributed by atoms with van der Waals surface area (Å²) in [6.45, 7) is 0. The third-order valence-corrected chi connectivity index (χ3v) is 6.64. The van der Waals surface area contributed by atoms with Crippen molar-refractivity contribution >= 4 is 33.7 Å². The molecule has 4 aromatic rings. The summed E-state index contributed by atoms with van der Waals surface area (Å²) in [5.41, 5.74) is 3.92. The maximum absolute atomic E-state index is 12.3. The molecule has 1 amide bonds. The molecule has 1 fully saturated rings. The van der Waals surface area contributed by atoms with Gasteiger partial charge in [0.05, 0.1) is 25.3 Å². The summed E-state index contributed by atoms with van der Waals surface area (Å²) < 4.78 is 5.22. The van der Waals surface area contributed by atoms with Gasteiger partial charge in [-0.05, 0) is 17.7 Å². The van der Waals surface area contributed by atoms with Crippen LogP contribution in [0.5, 0.6) is 5.75 Å². The molecule has 2 aromatic carbocycles. The highest BCUT2D eigenvalue weighted by atomic mass is 32.1. The van der Waals surface area contributed by atoms with Crippen LogP contribution in [0.3, 0.4) is 0 Å². The first kappa shape index (κ1) is 18.0. The molecule has 0 spiro atoms. The van der Waals surface area contributed by atoms with Gasteiger partial charge in [-0.25, -0.2) is 9.97 Å². The molecule has 1 aliphatic heterocycles.